The van der Waals surface area contributed by atoms with Crippen LogP contribution in [0.15, 0.2) is 60.7 Å². The lowest BCUT2D eigenvalue weighted by atomic mass is 9.94. The van der Waals surface area contributed by atoms with Gasteiger partial charge >= 0.3 is 0 Å². The molecule has 2 rings (SSSR count). The van der Waals surface area contributed by atoms with Crippen molar-refractivity contribution >= 4 is 17.8 Å². The normalized spacial score (nSPS) is 16.3. The van der Waals surface area contributed by atoms with Crippen LogP contribution in [-0.4, -0.2) is 28.9 Å². The van der Waals surface area contributed by atoms with Crippen molar-refractivity contribution in [3.05, 3.63) is 66.3 Å². The van der Waals surface area contributed by atoms with Gasteiger partial charge < -0.3 is 10.4 Å². The van der Waals surface area contributed by atoms with Crippen molar-refractivity contribution in [3.8, 4) is 0 Å². The summed E-state index contributed by atoms with van der Waals surface area (Å²) >= 11 is 0. The van der Waals surface area contributed by atoms with Gasteiger partial charge in [-0.05, 0) is 35.9 Å². The van der Waals surface area contributed by atoms with Crippen LogP contribution in [0.1, 0.15) is 12.0 Å². The van der Waals surface area contributed by atoms with E-state index < -0.39 is 5.60 Å². The topological polar surface area (TPSA) is 66.4 Å². The minimum atomic E-state index is -1.16. The maximum atomic E-state index is 11.6. The summed E-state index contributed by atoms with van der Waals surface area (Å²) in [5, 5.41) is 12.8. The number of ketones is 1. The number of allylic oxidation sites excluding steroid dienone is 2. The maximum Gasteiger partial charge on any atom is 0.244 e. The molecular weight excluding hydrogens is 266 g/mol. The number of amides is 1. The van der Waals surface area contributed by atoms with Crippen LogP contribution in [0.5, 0.6) is 0 Å². The molecule has 0 fully saturated rings. The maximum absolute atomic E-state index is 11.6. The predicted molar refractivity (Wildman–Crippen MR) is 81.3 cm³/mol. The van der Waals surface area contributed by atoms with Crippen molar-refractivity contribution in [2.75, 3.05) is 6.54 Å². The summed E-state index contributed by atoms with van der Waals surface area (Å²) in [5.74, 6) is -0.364. The number of hydrogen-bond donors (Lipinski definition) is 2. The van der Waals surface area contributed by atoms with E-state index in [1.165, 1.54) is 30.4 Å². The van der Waals surface area contributed by atoms with Crippen LogP contribution >= 0.6 is 0 Å². The third-order valence-corrected chi connectivity index (χ3v) is 3.12. The molecule has 4 nitrogen and oxygen atoms in total. The van der Waals surface area contributed by atoms with Crippen molar-refractivity contribution in [2.45, 2.75) is 12.0 Å². The Bertz CT molecular complexity index is 584. The molecule has 1 aromatic carbocycles. The highest BCUT2D eigenvalue weighted by Crippen LogP contribution is 2.17. The molecule has 2 N–H and O–H groups in total. The Hall–Kier alpha value is -2.46. The zero-order valence-electron chi connectivity index (χ0n) is 11.5. The van der Waals surface area contributed by atoms with Gasteiger partial charge in [0.1, 0.15) is 5.60 Å². The highest BCUT2D eigenvalue weighted by atomic mass is 16.3. The summed E-state index contributed by atoms with van der Waals surface area (Å²) < 4.78 is 0. The van der Waals surface area contributed by atoms with Crippen molar-refractivity contribution in [2.24, 2.45) is 0 Å². The van der Waals surface area contributed by atoms with Crippen molar-refractivity contribution in [3.63, 3.8) is 0 Å². The molecule has 0 aliphatic heterocycles. The number of hydrogen-bond acceptors (Lipinski definition) is 3. The summed E-state index contributed by atoms with van der Waals surface area (Å²) in [5.41, 5.74) is -0.215. The average molecular weight is 283 g/mol. The monoisotopic (exact) mass is 283 g/mol. The van der Waals surface area contributed by atoms with E-state index in [0.717, 1.165) is 5.56 Å². The summed E-state index contributed by atoms with van der Waals surface area (Å²) in [7, 11) is 0. The summed E-state index contributed by atoms with van der Waals surface area (Å²) in [6.45, 7) is 0.317. The van der Waals surface area contributed by atoms with Gasteiger partial charge in [0.15, 0.2) is 5.78 Å². The molecule has 0 heterocycles. The smallest absolute Gasteiger partial charge is 0.244 e. The Morgan fingerprint density at radius 2 is 1.86 bits per heavy atom. The van der Waals surface area contributed by atoms with Gasteiger partial charge in [0, 0.05) is 19.0 Å². The fraction of sp³-hybridized carbons (Fsp3) is 0.176. The zero-order valence-corrected chi connectivity index (χ0v) is 11.5. The highest BCUT2D eigenvalue weighted by molar-refractivity contribution is 6.00. The molecule has 0 unspecified atom stereocenters. The van der Waals surface area contributed by atoms with E-state index in [4.69, 9.17) is 0 Å². The van der Waals surface area contributed by atoms with E-state index in [2.05, 4.69) is 5.32 Å². The first-order chi connectivity index (χ1) is 10.1. The van der Waals surface area contributed by atoms with Crippen molar-refractivity contribution in [1.82, 2.24) is 5.32 Å². The van der Waals surface area contributed by atoms with E-state index in [9.17, 15) is 14.7 Å². The Balaban J connectivity index is 1.77. The molecule has 1 amide bonds. The van der Waals surface area contributed by atoms with Crippen LogP contribution in [0.2, 0.25) is 0 Å². The van der Waals surface area contributed by atoms with E-state index in [-0.39, 0.29) is 11.7 Å². The Labute approximate surface area is 123 Å². The van der Waals surface area contributed by atoms with Gasteiger partial charge in [0.25, 0.3) is 0 Å². The van der Waals surface area contributed by atoms with E-state index in [0.29, 0.717) is 13.0 Å². The number of benzene rings is 1. The highest BCUT2D eigenvalue weighted by Gasteiger charge is 2.22. The first-order valence-corrected chi connectivity index (χ1v) is 6.73. The lowest BCUT2D eigenvalue weighted by Crippen LogP contribution is -2.32. The van der Waals surface area contributed by atoms with Gasteiger partial charge in [-0.1, -0.05) is 30.3 Å². The number of carbonyl (C=O) groups excluding carboxylic acids is 2. The largest absolute Gasteiger partial charge is 0.382 e. The molecule has 0 saturated heterocycles. The molecule has 4 heteroatoms. The average Bonchev–Trinajstić information content (AvgIpc) is 2.50. The van der Waals surface area contributed by atoms with Crippen LogP contribution in [-0.2, 0) is 9.59 Å². The van der Waals surface area contributed by atoms with Crippen LogP contribution in [0, 0.1) is 0 Å². The zero-order chi connectivity index (χ0) is 15.1. The van der Waals surface area contributed by atoms with E-state index >= 15 is 0 Å². The molecule has 0 atom stereocenters. The third kappa shape index (κ3) is 4.85. The second kappa shape index (κ2) is 6.81. The number of nitrogens with one attached hydrogen (secondary N) is 1. The standard InChI is InChI=1S/C17H17NO3/c19-15-8-10-17(21,11-9-15)12-13-18-16(20)7-6-14-4-2-1-3-5-14/h1-11,21H,12-13H2,(H,18,20). The molecule has 0 spiro atoms. The van der Waals surface area contributed by atoms with Crippen LogP contribution in [0.3, 0.4) is 0 Å². The van der Waals surface area contributed by atoms with Crippen LogP contribution in [0.4, 0.5) is 0 Å². The number of aliphatic hydroxyl groups is 1. The van der Waals surface area contributed by atoms with Gasteiger partial charge in [-0.25, -0.2) is 0 Å². The molecule has 0 saturated carbocycles. The first kappa shape index (κ1) is 14.9. The fourth-order valence-corrected chi connectivity index (χ4v) is 1.91. The Morgan fingerprint density at radius 3 is 2.52 bits per heavy atom. The number of carbonyl (C=O) groups is 2. The molecule has 1 aliphatic rings. The SMILES string of the molecule is O=C1C=CC(O)(CCNC(=O)C=Cc2ccccc2)C=C1. The van der Waals surface area contributed by atoms with Crippen molar-refractivity contribution in [1.29, 1.82) is 0 Å². The van der Waals surface area contributed by atoms with Gasteiger partial charge in [-0.15, -0.1) is 0 Å². The van der Waals surface area contributed by atoms with Gasteiger partial charge in [-0.3, -0.25) is 9.59 Å². The van der Waals surface area contributed by atoms with Crippen LogP contribution < -0.4 is 5.32 Å². The van der Waals surface area contributed by atoms with Gasteiger partial charge in [-0.2, -0.15) is 0 Å². The van der Waals surface area contributed by atoms with Crippen LogP contribution in [0.25, 0.3) is 6.08 Å². The minimum Gasteiger partial charge on any atom is -0.382 e. The first-order valence-electron chi connectivity index (χ1n) is 6.73. The summed E-state index contributed by atoms with van der Waals surface area (Å²) in [4.78, 5) is 22.6. The third-order valence-electron chi connectivity index (χ3n) is 3.12. The molecule has 21 heavy (non-hydrogen) atoms. The van der Waals surface area contributed by atoms with Gasteiger partial charge in [0.2, 0.25) is 5.91 Å². The molecular formula is C17H17NO3. The molecule has 108 valence electrons. The minimum absolute atomic E-state index is 0.144. The van der Waals surface area contributed by atoms with E-state index in [1.807, 2.05) is 30.3 Å². The van der Waals surface area contributed by atoms with Crippen molar-refractivity contribution < 1.29 is 14.7 Å². The molecule has 0 aromatic heterocycles. The lowest BCUT2D eigenvalue weighted by Gasteiger charge is -2.22. The van der Waals surface area contributed by atoms with E-state index in [1.54, 1.807) is 6.08 Å². The molecule has 0 radical (unpaired) electrons. The Morgan fingerprint density at radius 1 is 1.19 bits per heavy atom. The molecule has 1 aromatic rings. The predicted octanol–water partition coefficient (Wildman–Crippen LogP) is 1.63. The molecule has 0 bridgehead atoms. The van der Waals surface area contributed by atoms with Gasteiger partial charge in [0.05, 0.1) is 0 Å². The quantitative estimate of drug-likeness (QED) is 0.807. The Kier molecular flexibility index (Phi) is 4.85. The number of rotatable bonds is 5. The fourth-order valence-electron chi connectivity index (χ4n) is 1.91. The summed E-state index contributed by atoms with van der Waals surface area (Å²) in [6, 6.07) is 9.52. The summed E-state index contributed by atoms with van der Waals surface area (Å²) in [6.07, 6.45) is 9.05. The second-order valence-electron chi connectivity index (χ2n) is 4.85. The molecule has 1 aliphatic carbocycles. The second-order valence-corrected chi connectivity index (χ2v) is 4.85. The lowest BCUT2D eigenvalue weighted by molar-refractivity contribution is -0.116.